The summed E-state index contributed by atoms with van der Waals surface area (Å²) in [6.07, 6.45) is 3.75. The van der Waals surface area contributed by atoms with Crippen LogP contribution < -0.4 is 5.73 Å². The van der Waals surface area contributed by atoms with Gasteiger partial charge < -0.3 is 15.0 Å². The van der Waals surface area contributed by atoms with Crippen LogP contribution in [0.2, 0.25) is 0 Å². The molecular formula is C10H17N3O2. The number of aryl methyl sites for hydroxylation is 1. The van der Waals surface area contributed by atoms with Crippen LogP contribution in [0.15, 0.2) is 12.5 Å². The van der Waals surface area contributed by atoms with E-state index in [2.05, 4.69) is 4.98 Å². The molecule has 2 N–H and O–H groups in total. The fourth-order valence-corrected chi connectivity index (χ4v) is 1.34. The topological polar surface area (TPSA) is 70.1 Å². The molecule has 0 aliphatic heterocycles. The minimum absolute atomic E-state index is 0.0744. The highest BCUT2D eigenvalue weighted by atomic mass is 16.5. The lowest BCUT2D eigenvalue weighted by Gasteiger charge is -2.09. The van der Waals surface area contributed by atoms with E-state index in [9.17, 15) is 4.79 Å². The first-order valence-corrected chi connectivity index (χ1v) is 5.06. The molecule has 0 fully saturated rings. The number of rotatable bonds is 5. The second-order valence-corrected chi connectivity index (χ2v) is 3.36. The van der Waals surface area contributed by atoms with Gasteiger partial charge in [-0.05, 0) is 13.8 Å². The standard InChI is InChI=1S/C10H17N3O2/c1-3-15-10(14)4-5-13-7-12-6-9(13)8(2)11/h6-8H,3-5,11H2,1-2H3/t8-/m1/s1. The van der Waals surface area contributed by atoms with Crippen molar-refractivity contribution in [1.82, 2.24) is 9.55 Å². The Morgan fingerprint density at radius 3 is 3.07 bits per heavy atom. The summed E-state index contributed by atoms with van der Waals surface area (Å²) in [4.78, 5) is 15.1. The largest absolute Gasteiger partial charge is 0.466 e. The van der Waals surface area contributed by atoms with Gasteiger partial charge in [-0.15, -0.1) is 0 Å². The number of nitrogens with two attached hydrogens (primary N) is 1. The van der Waals surface area contributed by atoms with E-state index in [1.807, 2.05) is 11.5 Å². The summed E-state index contributed by atoms with van der Waals surface area (Å²) in [5.41, 5.74) is 6.68. The van der Waals surface area contributed by atoms with Gasteiger partial charge in [0.15, 0.2) is 0 Å². The summed E-state index contributed by atoms with van der Waals surface area (Å²) in [7, 11) is 0. The van der Waals surface area contributed by atoms with Crippen LogP contribution in [0.4, 0.5) is 0 Å². The number of carbonyl (C=O) groups is 1. The summed E-state index contributed by atoms with van der Waals surface area (Å²) in [5, 5.41) is 0. The minimum Gasteiger partial charge on any atom is -0.466 e. The van der Waals surface area contributed by atoms with Crippen LogP contribution >= 0.6 is 0 Å². The summed E-state index contributed by atoms with van der Waals surface area (Å²) in [6, 6.07) is -0.0744. The quantitative estimate of drug-likeness (QED) is 0.733. The third-order valence-corrected chi connectivity index (χ3v) is 2.07. The number of nitrogens with zero attached hydrogens (tertiary/aromatic N) is 2. The van der Waals surface area contributed by atoms with Crippen LogP contribution in [-0.4, -0.2) is 22.1 Å². The van der Waals surface area contributed by atoms with E-state index >= 15 is 0 Å². The van der Waals surface area contributed by atoms with Crippen LogP contribution in [0.25, 0.3) is 0 Å². The van der Waals surface area contributed by atoms with E-state index in [1.54, 1.807) is 19.4 Å². The van der Waals surface area contributed by atoms with Crippen molar-refractivity contribution in [3.63, 3.8) is 0 Å². The van der Waals surface area contributed by atoms with E-state index in [-0.39, 0.29) is 12.0 Å². The fraction of sp³-hybridized carbons (Fsp3) is 0.600. The number of aromatic nitrogens is 2. The number of hydrogen-bond acceptors (Lipinski definition) is 4. The minimum atomic E-state index is -0.193. The molecule has 0 aliphatic rings. The third-order valence-electron chi connectivity index (χ3n) is 2.07. The molecule has 1 atom stereocenters. The van der Waals surface area contributed by atoms with Gasteiger partial charge in [0.05, 0.1) is 25.0 Å². The van der Waals surface area contributed by atoms with Crippen LogP contribution in [-0.2, 0) is 16.1 Å². The highest BCUT2D eigenvalue weighted by molar-refractivity contribution is 5.69. The Balaban J connectivity index is 2.50. The van der Waals surface area contributed by atoms with Gasteiger partial charge in [0.1, 0.15) is 0 Å². The third kappa shape index (κ3) is 3.36. The molecule has 1 aromatic heterocycles. The normalized spacial score (nSPS) is 12.5. The van der Waals surface area contributed by atoms with Gasteiger partial charge in [0.2, 0.25) is 0 Å². The average Bonchev–Trinajstić information content (AvgIpc) is 2.63. The van der Waals surface area contributed by atoms with E-state index in [4.69, 9.17) is 10.5 Å². The molecule has 0 spiro atoms. The van der Waals surface area contributed by atoms with Crippen molar-refractivity contribution in [2.75, 3.05) is 6.61 Å². The van der Waals surface area contributed by atoms with Crippen molar-refractivity contribution in [2.45, 2.75) is 32.9 Å². The van der Waals surface area contributed by atoms with Crippen molar-refractivity contribution in [2.24, 2.45) is 5.73 Å². The van der Waals surface area contributed by atoms with Crippen molar-refractivity contribution in [3.05, 3.63) is 18.2 Å². The monoisotopic (exact) mass is 211 g/mol. The molecule has 1 heterocycles. The van der Waals surface area contributed by atoms with Gasteiger partial charge >= 0.3 is 5.97 Å². The molecule has 15 heavy (non-hydrogen) atoms. The molecular weight excluding hydrogens is 194 g/mol. The summed E-state index contributed by atoms with van der Waals surface area (Å²) < 4.78 is 6.71. The Morgan fingerprint density at radius 1 is 1.73 bits per heavy atom. The Morgan fingerprint density at radius 2 is 2.47 bits per heavy atom. The molecule has 0 saturated heterocycles. The molecule has 0 aliphatic carbocycles. The van der Waals surface area contributed by atoms with Crippen LogP contribution in [0.1, 0.15) is 32.0 Å². The van der Waals surface area contributed by atoms with Gasteiger partial charge in [-0.1, -0.05) is 0 Å². The SMILES string of the molecule is CCOC(=O)CCn1cncc1[C@@H](C)N. The first-order valence-electron chi connectivity index (χ1n) is 5.06. The summed E-state index contributed by atoms with van der Waals surface area (Å²) in [5.74, 6) is -0.193. The molecule has 5 heteroatoms. The molecule has 0 unspecified atom stereocenters. The predicted molar refractivity (Wildman–Crippen MR) is 56.1 cm³/mol. The molecule has 0 bridgehead atoms. The lowest BCUT2D eigenvalue weighted by atomic mass is 10.2. The maximum absolute atomic E-state index is 11.1. The maximum Gasteiger partial charge on any atom is 0.307 e. The van der Waals surface area contributed by atoms with Crippen molar-refractivity contribution >= 4 is 5.97 Å². The molecule has 1 aromatic rings. The molecule has 84 valence electrons. The van der Waals surface area contributed by atoms with E-state index < -0.39 is 0 Å². The molecule has 0 amide bonds. The molecule has 0 saturated carbocycles. The first-order chi connectivity index (χ1) is 7.15. The molecule has 1 rings (SSSR count). The molecule has 0 radical (unpaired) electrons. The maximum atomic E-state index is 11.1. The fourth-order valence-electron chi connectivity index (χ4n) is 1.34. The Kier molecular flexibility index (Phi) is 4.30. The van der Waals surface area contributed by atoms with Crippen molar-refractivity contribution in [3.8, 4) is 0 Å². The van der Waals surface area contributed by atoms with Crippen LogP contribution in [0.3, 0.4) is 0 Å². The van der Waals surface area contributed by atoms with E-state index in [1.165, 1.54) is 0 Å². The first kappa shape index (κ1) is 11.7. The van der Waals surface area contributed by atoms with E-state index in [0.717, 1.165) is 5.69 Å². The number of carbonyl (C=O) groups excluding carboxylic acids is 1. The van der Waals surface area contributed by atoms with Gasteiger partial charge in [-0.2, -0.15) is 0 Å². The summed E-state index contributed by atoms with van der Waals surface area (Å²) >= 11 is 0. The van der Waals surface area contributed by atoms with E-state index in [0.29, 0.717) is 19.6 Å². The predicted octanol–water partition coefficient (Wildman–Crippen LogP) is 0.856. The van der Waals surface area contributed by atoms with Gasteiger partial charge in [-0.3, -0.25) is 4.79 Å². The summed E-state index contributed by atoms with van der Waals surface area (Å²) in [6.45, 7) is 4.67. The van der Waals surface area contributed by atoms with Gasteiger partial charge in [0.25, 0.3) is 0 Å². The Hall–Kier alpha value is -1.36. The number of ether oxygens (including phenoxy) is 1. The van der Waals surface area contributed by atoms with Gasteiger partial charge in [0, 0.05) is 18.8 Å². The zero-order chi connectivity index (χ0) is 11.3. The number of esters is 1. The highest BCUT2D eigenvalue weighted by Gasteiger charge is 2.08. The second kappa shape index (κ2) is 5.50. The van der Waals surface area contributed by atoms with Crippen molar-refractivity contribution in [1.29, 1.82) is 0 Å². The zero-order valence-electron chi connectivity index (χ0n) is 9.14. The zero-order valence-corrected chi connectivity index (χ0v) is 9.14. The molecule has 0 aromatic carbocycles. The average molecular weight is 211 g/mol. The second-order valence-electron chi connectivity index (χ2n) is 3.36. The van der Waals surface area contributed by atoms with Crippen LogP contribution in [0.5, 0.6) is 0 Å². The smallest absolute Gasteiger partial charge is 0.307 e. The number of hydrogen-bond donors (Lipinski definition) is 1. The Bertz CT molecular complexity index is 320. The Labute approximate surface area is 89.2 Å². The number of imidazole rings is 1. The van der Waals surface area contributed by atoms with Crippen molar-refractivity contribution < 1.29 is 9.53 Å². The lowest BCUT2D eigenvalue weighted by Crippen LogP contribution is -2.14. The van der Waals surface area contributed by atoms with Crippen LogP contribution in [0, 0.1) is 0 Å². The highest BCUT2D eigenvalue weighted by Crippen LogP contribution is 2.09. The lowest BCUT2D eigenvalue weighted by molar-refractivity contribution is -0.143. The van der Waals surface area contributed by atoms with Gasteiger partial charge in [-0.25, -0.2) is 4.98 Å². The molecule has 5 nitrogen and oxygen atoms in total.